The summed E-state index contributed by atoms with van der Waals surface area (Å²) < 4.78 is 0. The van der Waals surface area contributed by atoms with Gasteiger partial charge in [-0.25, -0.2) is 0 Å². The molecule has 3 rings (SSSR count). The molecule has 1 amide bonds. The largest absolute Gasteiger partial charge is 0.342 e. The van der Waals surface area contributed by atoms with E-state index in [9.17, 15) is 4.79 Å². The van der Waals surface area contributed by atoms with Gasteiger partial charge in [0.25, 0.3) is 0 Å². The van der Waals surface area contributed by atoms with E-state index in [0.29, 0.717) is 17.7 Å². The molecule has 3 fully saturated rings. The molecule has 1 unspecified atom stereocenters. The lowest BCUT2D eigenvalue weighted by Gasteiger charge is -2.35. The number of carbonyl (C=O) groups is 1. The van der Waals surface area contributed by atoms with Crippen LogP contribution in [0.5, 0.6) is 0 Å². The van der Waals surface area contributed by atoms with Gasteiger partial charge in [0.2, 0.25) is 5.91 Å². The van der Waals surface area contributed by atoms with E-state index in [2.05, 4.69) is 4.90 Å². The molecule has 1 saturated heterocycles. The number of carbonyl (C=O) groups excluding carboxylic acids is 1. The van der Waals surface area contributed by atoms with E-state index in [1.807, 2.05) is 0 Å². The number of amides is 1. The van der Waals surface area contributed by atoms with E-state index in [1.165, 1.54) is 38.5 Å². The zero-order valence-electron chi connectivity index (χ0n) is 11.1. The second kappa shape index (κ2) is 5.40. The Bertz CT molecular complexity index is 298. The van der Waals surface area contributed by atoms with Gasteiger partial charge in [0.05, 0.1) is 0 Å². The SMILES string of the molecule is O=C(C(C1CC1)C1CC1)N1CCCC(CCCl)C1. The zero-order chi connectivity index (χ0) is 12.5. The molecule has 3 aliphatic rings. The summed E-state index contributed by atoms with van der Waals surface area (Å²) in [6.45, 7) is 1.97. The summed E-state index contributed by atoms with van der Waals surface area (Å²) in [4.78, 5) is 14.9. The molecule has 18 heavy (non-hydrogen) atoms. The Labute approximate surface area is 115 Å². The summed E-state index contributed by atoms with van der Waals surface area (Å²) in [5.74, 6) is 3.73. The maximum atomic E-state index is 12.7. The summed E-state index contributed by atoms with van der Waals surface area (Å²) in [5.41, 5.74) is 0. The van der Waals surface area contributed by atoms with E-state index in [-0.39, 0.29) is 0 Å². The molecule has 0 bridgehead atoms. The molecule has 1 atom stereocenters. The fraction of sp³-hybridized carbons (Fsp3) is 0.933. The van der Waals surface area contributed by atoms with Crippen LogP contribution >= 0.6 is 11.6 Å². The first-order valence-electron chi connectivity index (χ1n) is 7.64. The van der Waals surface area contributed by atoms with E-state index < -0.39 is 0 Å². The van der Waals surface area contributed by atoms with E-state index in [0.717, 1.165) is 37.2 Å². The van der Waals surface area contributed by atoms with Gasteiger partial charge >= 0.3 is 0 Å². The van der Waals surface area contributed by atoms with Crippen molar-refractivity contribution in [3.8, 4) is 0 Å². The average Bonchev–Trinajstić information content (AvgIpc) is 3.25. The molecular formula is C15H24ClNO. The van der Waals surface area contributed by atoms with Crippen molar-refractivity contribution in [1.82, 2.24) is 4.90 Å². The van der Waals surface area contributed by atoms with E-state index in [4.69, 9.17) is 11.6 Å². The molecule has 102 valence electrons. The predicted molar refractivity (Wildman–Crippen MR) is 73.6 cm³/mol. The number of hydrogen-bond donors (Lipinski definition) is 0. The average molecular weight is 270 g/mol. The molecule has 0 aromatic carbocycles. The molecular weight excluding hydrogens is 246 g/mol. The molecule has 0 aromatic heterocycles. The first kappa shape index (κ1) is 12.8. The minimum atomic E-state index is 0.389. The molecule has 0 spiro atoms. The summed E-state index contributed by atoms with van der Waals surface area (Å²) in [6, 6.07) is 0. The number of piperidine rings is 1. The van der Waals surface area contributed by atoms with Crippen molar-refractivity contribution in [2.75, 3.05) is 19.0 Å². The van der Waals surface area contributed by atoms with Crippen molar-refractivity contribution in [2.45, 2.75) is 44.9 Å². The normalized spacial score (nSPS) is 28.8. The van der Waals surface area contributed by atoms with Gasteiger partial charge in [-0.3, -0.25) is 4.79 Å². The summed E-state index contributed by atoms with van der Waals surface area (Å²) in [6.07, 6.45) is 8.70. The second-order valence-corrected chi connectivity index (χ2v) is 6.85. The van der Waals surface area contributed by atoms with Crippen LogP contribution in [0.25, 0.3) is 0 Å². The summed E-state index contributed by atoms with van der Waals surface area (Å²) in [7, 11) is 0. The maximum Gasteiger partial charge on any atom is 0.226 e. The Morgan fingerprint density at radius 3 is 2.39 bits per heavy atom. The van der Waals surface area contributed by atoms with Gasteiger partial charge in [0, 0.05) is 24.9 Å². The Balaban J connectivity index is 1.60. The van der Waals surface area contributed by atoms with Crippen LogP contribution in [0.1, 0.15) is 44.9 Å². The Morgan fingerprint density at radius 2 is 1.83 bits per heavy atom. The lowest BCUT2D eigenvalue weighted by atomic mass is 9.91. The maximum absolute atomic E-state index is 12.7. The topological polar surface area (TPSA) is 20.3 Å². The van der Waals surface area contributed by atoms with Crippen molar-refractivity contribution in [3.05, 3.63) is 0 Å². The second-order valence-electron chi connectivity index (χ2n) is 6.47. The van der Waals surface area contributed by atoms with E-state index >= 15 is 0 Å². The number of rotatable bonds is 5. The molecule has 0 radical (unpaired) electrons. The Hall–Kier alpha value is -0.240. The lowest BCUT2D eigenvalue weighted by molar-refractivity contribution is -0.138. The number of alkyl halides is 1. The number of nitrogens with zero attached hydrogens (tertiary/aromatic N) is 1. The lowest BCUT2D eigenvalue weighted by Crippen LogP contribution is -2.44. The van der Waals surface area contributed by atoms with Crippen molar-refractivity contribution in [3.63, 3.8) is 0 Å². The van der Waals surface area contributed by atoms with Crippen molar-refractivity contribution < 1.29 is 4.79 Å². The van der Waals surface area contributed by atoms with Crippen molar-refractivity contribution >= 4 is 17.5 Å². The van der Waals surface area contributed by atoms with Crippen LogP contribution in [0, 0.1) is 23.7 Å². The van der Waals surface area contributed by atoms with Gasteiger partial charge in [0.1, 0.15) is 0 Å². The monoisotopic (exact) mass is 269 g/mol. The van der Waals surface area contributed by atoms with Crippen LogP contribution in [-0.2, 0) is 4.79 Å². The minimum Gasteiger partial charge on any atom is -0.342 e. The van der Waals surface area contributed by atoms with Crippen molar-refractivity contribution in [2.24, 2.45) is 23.7 Å². The highest BCUT2D eigenvalue weighted by atomic mass is 35.5. The quantitative estimate of drug-likeness (QED) is 0.702. The molecule has 2 saturated carbocycles. The fourth-order valence-corrected chi connectivity index (χ4v) is 3.87. The predicted octanol–water partition coefficient (Wildman–Crippen LogP) is 3.29. The van der Waals surface area contributed by atoms with Crippen LogP contribution < -0.4 is 0 Å². The Kier molecular flexibility index (Phi) is 3.83. The smallest absolute Gasteiger partial charge is 0.226 e. The molecule has 2 aliphatic carbocycles. The van der Waals surface area contributed by atoms with Gasteiger partial charge < -0.3 is 4.90 Å². The van der Waals surface area contributed by atoms with Crippen LogP contribution in [0.3, 0.4) is 0 Å². The number of likely N-dealkylation sites (tertiary alicyclic amines) is 1. The summed E-state index contributed by atoms with van der Waals surface area (Å²) in [5, 5.41) is 0. The molecule has 1 aliphatic heterocycles. The molecule has 3 heteroatoms. The van der Waals surface area contributed by atoms with Crippen LogP contribution in [0.15, 0.2) is 0 Å². The first-order valence-corrected chi connectivity index (χ1v) is 8.18. The molecule has 0 aromatic rings. The van der Waals surface area contributed by atoms with Gasteiger partial charge in [-0.2, -0.15) is 0 Å². The third-order valence-corrected chi connectivity index (χ3v) is 5.11. The standard InChI is InChI=1S/C15H24ClNO/c16-8-7-11-2-1-9-17(10-11)15(18)14(12-3-4-12)13-5-6-13/h11-14H,1-10H2. The highest BCUT2D eigenvalue weighted by Crippen LogP contribution is 2.50. The van der Waals surface area contributed by atoms with Gasteiger partial charge in [-0.05, 0) is 62.7 Å². The van der Waals surface area contributed by atoms with E-state index in [1.54, 1.807) is 0 Å². The van der Waals surface area contributed by atoms with Crippen LogP contribution in [-0.4, -0.2) is 29.8 Å². The van der Waals surface area contributed by atoms with Gasteiger partial charge in [-0.1, -0.05) is 0 Å². The minimum absolute atomic E-state index is 0.389. The number of halogens is 1. The number of hydrogen-bond acceptors (Lipinski definition) is 1. The molecule has 0 N–H and O–H groups in total. The summed E-state index contributed by atoms with van der Waals surface area (Å²) >= 11 is 5.84. The van der Waals surface area contributed by atoms with Gasteiger partial charge in [-0.15, -0.1) is 11.6 Å². The highest BCUT2D eigenvalue weighted by molar-refractivity contribution is 6.17. The van der Waals surface area contributed by atoms with Gasteiger partial charge in [0.15, 0.2) is 0 Å². The zero-order valence-corrected chi connectivity index (χ0v) is 11.9. The van der Waals surface area contributed by atoms with Crippen LogP contribution in [0.2, 0.25) is 0 Å². The highest BCUT2D eigenvalue weighted by Gasteiger charge is 2.47. The molecule has 1 heterocycles. The first-order chi connectivity index (χ1) is 8.79. The third kappa shape index (κ3) is 2.84. The Morgan fingerprint density at radius 1 is 1.17 bits per heavy atom. The third-order valence-electron chi connectivity index (χ3n) is 4.89. The fourth-order valence-electron chi connectivity index (χ4n) is 3.56. The van der Waals surface area contributed by atoms with Crippen LogP contribution in [0.4, 0.5) is 0 Å². The van der Waals surface area contributed by atoms with Crippen molar-refractivity contribution in [1.29, 1.82) is 0 Å². The molecule has 2 nitrogen and oxygen atoms in total.